The summed E-state index contributed by atoms with van der Waals surface area (Å²) < 4.78 is 0. The molecule has 0 radical (unpaired) electrons. The minimum absolute atomic E-state index is 0.0169. The van der Waals surface area contributed by atoms with Crippen LogP contribution in [0.5, 0.6) is 0 Å². The third-order valence-corrected chi connectivity index (χ3v) is 3.01. The molecule has 0 fully saturated rings. The molecule has 0 spiro atoms. The largest absolute Gasteiger partial charge is 0.289 e. The van der Waals surface area contributed by atoms with Crippen molar-refractivity contribution in [1.82, 2.24) is 0 Å². The van der Waals surface area contributed by atoms with Gasteiger partial charge in [-0.05, 0) is 12.1 Å². The van der Waals surface area contributed by atoms with Gasteiger partial charge in [-0.1, -0.05) is 24.3 Å². The average Bonchev–Trinajstić information content (AvgIpc) is 2.39. The van der Waals surface area contributed by atoms with Crippen LogP contribution in [0.4, 0.5) is 0 Å². The van der Waals surface area contributed by atoms with E-state index in [9.17, 15) is 19.2 Å². The highest BCUT2D eigenvalue weighted by atomic mass is 16.2. The van der Waals surface area contributed by atoms with Gasteiger partial charge in [0.15, 0.2) is 10.9 Å². The molecule has 4 nitrogen and oxygen atoms in total. The van der Waals surface area contributed by atoms with Crippen LogP contribution in [0.2, 0.25) is 0 Å². The van der Waals surface area contributed by atoms with Gasteiger partial charge in [0.1, 0.15) is 0 Å². The molecule has 0 bridgehead atoms. The fraction of sp³-hybridized carbons (Fsp3) is 0. The van der Waals surface area contributed by atoms with E-state index in [1.54, 1.807) is 12.1 Å². The Morgan fingerprint density at radius 1 is 0.611 bits per heavy atom. The molecule has 0 atom stereocenters. The van der Waals surface area contributed by atoms with Crippen molar-refractivity contribution in [2.75, 3.05) is 0 Å². The van der Waals surface area contributed by atoms with E-state index in [1.807, 2.05) is 0 Å². The predicted molar refractivity (Wildman–Crippen MR) is 66.7 cm³/mol. The molecule has 2 aliphatic carbocycles. The molecule has 1 aromatic carbocycles. The van der Waals surface area contributed by atoms with Crippen LogP contribution >= 0.6 is 0 Å². The van der Waals surface area contributed by atoms with Gasteiger partial charge in [0.25, 0.3) is 0 Å². The lowest BCUT2D eigenvalue weighted by molar-refractivity contribution is 1.31. The van der Waals surface area contributed by atoms with Gasteiger partial charge in [-0.2, -0.15) is 0 Å². The van der Waals surface area contributed by atoms with Crippen molar-refractivity contribution in [2.45, 2.75) is 0 Å². The molecule has 0 aromatic heterocycles. The molecule has 0 amide bonds. The van der Waals surface area contributed by atoms with Crippen LogP contribution in [-0.2, 0) is 0 Å². The Kier molecular flexibility index (Phi) is 2.01. The lowest BCUT2D eigenvalue weighted by Gasteiger charge is -1.96. The van der Waals surface area contributed by atoms with Crippen molar-refractivity contribution >= 4 is 10.8 Å². The lowest BCUT2D eigenvalue weighted by Crippen LogP contribution is -2.31. The Morgan fingerprint density at radius 3 is 1.89 bits per heavy atom. The summed E-state index contributed by atoms with van der Waals surface area (Å²) >= 11 is 0. The maximum absolute atomic E-state index is 12.1. The summed E-state index contributed by atoms with van der Waals surface area (Å²) in [6.07, 6.45) is 0. The molecule has 1 aromatic rings. The molecule has 0 saturated heterocycles. The molecular formula is C14H6O4. The van der Waals surface area contributed by atoms with Gasteiger partial charge in [-0.3, -0.25) is 19.2 Å². The Hall–Kier alpha value is -2.62. The van der Waals surface area contributed by atoms with Gasteiger partial charge in [0.05, 0.1) is 5.22 Å². The SMILES string of the molecule is O=c1ccc2c(=O)c3ccccc3c(=O)c=2c1=O. The number of hydrogen-bond acceptors (Lipinski definition) is 4. The second-order valence-electron chi connectivity index (χ2n) is 4.02. The molecule has 2 aliphatic rings. The molecule has 3 rings (SSSR count). The molecule has 0 aliphatic heterocycles. The van der Waals surface area contributed by atoms with Crippen LogP contribution < -0.4 is 21.7 Å². The zero-order valence-corrected chi connectivity index (χ0v) is 9.10. The normalized spacial score (nSPS) is 11.1. The maximum atomic E-state index is 12.1. The van der Waals surface area contributed by atoms with Crippen molar-refractivity contribution in [3.8, 4) is 0 Å². The second-order valence-corrected chi connectivity index (χ2v) is 4.02. The van der Waals surface area contributed by atoms with Crippen LogP contribution in [0.25, 0.3) is 10.8 Å². The van der Waals surface area contributed by atoms with Crippen molar-refractivity contribution in [3.05, 3.63) is 87.7 Å². The standard InChI is InChI=1S/C14H6O4/c15-10-6-5-9-11(14(10)18)13(17)8-4-2-1-3-7(8)12(9)16/h1-6H. The highest BCUT2D eigenvalue weighted by molar-refractivity contribution is 5.82. The van der Waals surface area contributed by atoms with E-state index in [-0.39, 0.29) is 21.2 Å². The van der Waals surface area contributed by atoms with E-state index < -0.39 is 21.7 Å². The molecule has 0 N–H and O–H groups in total. The molecule has 86 valence electrons. The monoisotopic (exact) mass is 238 g/mol. The molecule has 0 unspecified atom stereocenters. The fourth-order valence-corrected chi connectivity index (χ4v) is 2.14. The molecule has 18 heavy (non-hydrogen) atoms. The first-order valence-electron chi connectivity index (χ1n) is 5.30. The summed E-state index contributed by atoms with van der Waals surface area (Å²) in [5, 5.41) is 0.167. The third kappa shape index (κ3) is 1.20. The minimum atomic E-state index is -0.902. The number of hydrogen-bond donors (Lipinski definition) is 0. The van der Waals surface area contributed by atoms with Gasteiger partial charge in [-0.25, -0.2) is 0 Å². The average molecular weight is 238 g/mol. The zero-order chi connectivity index (χ0) is 12.9. The van der Waals surface area contributed by atoms with Gasteiger partial charge in [-0.15, -0.1) is 0 Å². The summed E-state index contributed by atoms with van der Waals surface area (Å²) in [6, 6.07) is 8.55. The first kappa shape index (κ1) is 10.5. The smallest absolute Gasteiger partial charge is 0.237 e. The van der Waals surface area contributed by atoms with E-state index >= 15 is 0 Å². The molecular weight excluding hydrogens is 232 g/mol. The van der Waals surface area contributed by atoms with Crippen molar-refractivity contribution in [3.63, 3.8) is 0 Å². The van der Waals surface area contributed by atoms with Crippen molar-refractivity contribution in [1.29, 1.82) is 0 Å². The summed E-state index contributed by atoms with van der Waals surface area (Å²) in [6.45, 7) is 0. The second kappa shape index (κ2) is 3.43. The van der Waals surface area contributed by atoms with Gasteiger partial charge in [0.2, 0.25) is 10.9 Å². The van der Waals surface area contributed by atoms with E-state index in [0.717, 1.165) is 6.07 Å². The summed E-state index contributed by atoms with van der Waals surface area (Å²) in [4.78, 5) is 47.2. The third-order valence-electron chi connectivity index (χ3n) is 3.01. The van der Waals surface area contributed by atoms with Crippen LogP contribution in [0.3, 0.4) is 0 Å². The highest BCUT2D eigenvalue weighted by Crippen LogP contribution is 2.04. The summed E-state index contributed by atoms with van der Waals surface area (Å²) in [7, 11) is 0. The van der Waals surface area contributed by atoms with Crippen LogP contribution in [0.1, 0.15) is 0 Å². The maximum Gasteiger partial charge on any atom is 0.237 e. The van der Waals surface area contributed by atoms with Crippen LogP contribution in [0, 0.1) is 10.4 Å². The highest BCUT2D eigenvalue weighted by Gasteiger charge is 2.10. The molecule has 0 saturated carbocycles. The zero-order valence-electron chi connectivity index (χ0n) is 9.10. The molecule has 4 heteroatoms. The quantitative estimate of drug-likeness (QED) is 0.512. The number of rotatable bonds is 0. The van der Waals surface area contributed by atoms with Crippen LogP contribution in [0.15, 0.2) is 55.6 Å². The fourth-order valence-electron chi connectivity index (χ4n) is 2.14. The van der Waals surface area contributed by atoms with Crippen molar-refractivity contribution in [2.24, 2.45) is 0 Å². The minimum Gasteiger partial charge on any atom is -0.289 e. The lowest BCUT2D eigenvalue weighted by atomic mass is 10.0. The Balaban J connectivity index is 2.97. The topological polar surface area (TPSA) is 68.3 Å². The first-order valence-corrected chi connectivity index (χ1v) is 5.30. The Bertz CT molecular complexity index is 1040. The molecule has 0 heterocycles. The summed E-state index contributed by atoms with van der Waals surface area (Å²) in [5.41, 5.74) is -2.62. The van der Waals surface area contributed by atoms with E-state index in [4.69, 9.17) is 0 Å². The van der Waals surface area contributed by atoms with Crippen molar-refractivity contribution < 1.29 is 0 Å². The van der Waals surface area contributed by atoms with E-state index in [2.05, 4.69) is 0 Å². The van der Waals surface area contributed by atoms with E-state index in [1.165, 1.54) is 18.2 Å². The Morgan fingerprint density at radius 2 is 1.22 bits per heavy atom. The summed E-state index contributed by atoms with van der Waals surface area (Å²) in [5.74, 6) is 0. The van der Waals surface area contributed by atoms with E-state index in [0.29, 0.717) is 0 Å². The number of fused-ring (bicyclic) bond motifs is 1. The number of benzene rings is 1. The first-order chi connectivity index (χ1) is 8.61. The van der Waals surface area contributed by atoms with Gasteiger partial charge >= 0.3 is 0 Å². The van der Waals surface area contributed by atoms with Gasteiger partial charge in [0, 0.05) is 16.0 Å². The predicted octanol–water partition coefficient (Wildman–Crippen LogP) is -0.119. The van der Waals surface area contributed by atoms with Gasteiger partial charge < -0.3 is 0 Å². The Labute approximate surface area is 99.1 Å². The van der Waals surface area contributed by atoms with Crippen LogP contribution in [-0.4, -0.2) is 0 Å².